The fraction of sp³-hybridized carbons (Fsp3) is 0.643. The first-order chi connectivity index (χ1) is 8.50. The highest BCUT2D eigenvalue weighted by Crippen LogP contribution is 2.26. The molecule has 0 spiro atoms. The summed E-state index contributed by atoms with van der Waals surface area (Å²) in [5.41, 5.74) is 1.40. The molecule has 1 aliphatic heterocycles. The first-order valence-electron chi connectivity index (χ1n) is 6.63. The quantitative estimate of drug-likeness (QED) is 0.754. The number of Topliss-reactive ketones (excluding diaryl/α,β-unsaturated/α-hetero) is 1. The zero-order valence-electron chi connectivity index (χ0n) is 11.6. The number of hydrogen-bond acceptors (Lipinski definition) is 4. The van der Waals surface area contributed by atoms with Crippen molar-refractivity contribution in [2.75, 3.05) is 4.90 Å². The van der Waals surface area contributed by atoms with Gasteiger partial charge in [0.1, 0.15) is 0 Å². The van der Waals surface area contributed by atoms with E-state index in [0.717, 1.165) is 11.6 Å². The Bertz CT molecular complexity index is 448. The number of aryl methyl sites for hydroxylation is 1. The molecule has 18 heavy (non-hydrogen) atoms. The zero-order chi connectivity index (χ0) is 13.3. The zero-order valence-corrected chi connectivity index (χ0v) is 11.6. The number of nitrogens with zero attached hydrogens (tertiary/aromatic N) is 3. The maximum Gasteiger partial charge on any atom is 0.226 e. The molecule has 1 aliphatic rings. The van der Waals surface area contributed by atoms with Gasteiger partial charge in [0.2, 0.25) is 5.95 Å². The van der Waals surface area contributed by atoms with Gasteiger partial charge in [-0.2, -0.15) is 0 Å². The Labute approximate surface area is 108 Å². The third-order valence-electron chi connectivity index (χ3n) is 3.77. The average molecular weight is 247 g/mol. The van der Waals surface area contributed by atoms with Crippen LogP contribution in [0.1, 0.15) is 56.1 Å². The molecule has 4 nitrogen and oxygen atoms in total. The number of piperidine rings is 1. The Morgan fingerprint density at radius 3 is 2.44 bits per heavy atom. The fourth-order valence-corrected chi connectivity index (χ4v) is 2.74. The lowest BCUT2D eigenvalue weighted by molar-refractivity contribution is 0.101. The number of carbonyl (C=O) groups excluding carboxylic acids is 1. The molecule has 2 rings (SSSR count). The van der Waals surface area contributed by atoms with Crippen LogP contribution in [0.4, 0.5) is 5.95 Å². The molecule has 2 heterocycles. The summed E-state index contributed by atoms with van der Waals surface area (Å²) in [6, 6.07) is 0.938. The summed E-state index contributed by atoms with van der Waals surface area (Å²) in [7, 11) is 0. The predicted molar refractivity (Wildman–Crippen MR) is 72.0 cm³/mol. The van der Waals surface area contributed by atoms with E-state index in [-0.39, 0.29) is 5.78 Å². The van der Waals surface area contributed by atoms with Crippen LogP contribution in [0, 0.1) is 6.92 Å². The van der Waals surface area contributed by atoms with E-state index >= 15 is 0 Å². The van der Waals surface area contributed by atoms with E-state index in [2.05, 4.69) is 28.7 Å². The molecule has 2 atom stereocenters. The predicted octanol–water partition coefficient (Wildman–Crippen LogP) is 2.75. The van der Waals surface area contributed by atoms with Crippen molar-refractivity contribution in [2.24, 2.45) is 0 Å². The van der Waals surface area contributed by atoms with Gasteiger partial charge in [-0.05, 0) is 47.0 Å². The molecule has 0 saturated carbocycles. The van der Waals surface area contributed by atoms with Crippen molar-refractivity contribution in [2.45, 2.75) is 59.0 Å². The van der Waals surface area contributed by atoms with Crippen LogP contribution in [-0.4, -0.2) is 27.8 Å². The van der Waals surface area contributed by atoms with Gasteiger partial charge in [-0.15, -0.1) is 0 Å². The summed E-state index contributed by atoms with van der Waals surface area (Å²) < 4.78 is 0. The summed E-state index contributed by atoms with van der Waals surface area (Å²) in [4.78, 5) is 22.6. The summed E-state index contributed by atoms with van der Waals surface area (Å²) >= 11 is 0. The van der Waals surface area contributed by atoms with Crippen LogP contribution in [0.3, 0.4) is 0 Å². The summed E-state index contributed by atoms with van der Waals surface area (Å²) in [6.07, 6.45) is 5.29. The number of ketones is 1. The maximum atomic E-state index is 11.4. The average Bonchev–Trinajstić information content (AvgIpc) is 2.28. The molecule has 4 heteroatoms. The lowest BCUT2D eigenvalue weighted by atomic mass is 9.98. The topological polar surface area (TPSA) is 46.1 Å². The SMILES string of the molecule is CC(=O)c1cnc(N2[C@H](C)CCC[C@@H]2C)nc1C. The van der Waals surface area contributed by atoms with Crippen LogP contribution in [-0.2, 0) is 0 Å². The van der Waals surface area contributed by atoms with Gasteiger partial charge in [0.05, 0.1) is 11.3 Å². The number of rotatable bonds is 2. The number of hydrogen-bond donors (Lipinski definition) is 0. The summed E-state index contributed by atoms with van der Waals surface area (Å²) in [5.74, 6) is 0.788. The molecule has 0 radical (unpaired) electrons. The molecule has 1 aromatic rings. The maximum absolute atomic E-state index is 11.4. The minimum absolute atomic E-state index is 0.0267. The second-order valence-electron chi connectivity index (χ2n) is 5.26. The van der Waals surface area contributed by atoms with Crippen molar-refractivity contribution in [3.63, 3.8) is 0 Å². The van der Waals surface area contributed by atoms with Crippen molar-refractivity contribution in [1.29, 1.82) is 0 Å². The molecule has 0 unspecified atom stereocenters. The van der Waals surface area contributed by atoms with E-state index < -0.39 is 0 Å². The Hall–Kier alpha value is -1.45. The largest absolute Gasteiger partial charge is 0.335 e. The molecule has 0 aromatic carbocycles. The van der Waals surface area contributed by atoms with Gasteiger partial charge in [0.15, 0.2) is 5.78 Å². The second-order valence-corrected chi connectivity index (χ2v) is 5.26. The van der Waals surface area contributed by atoms with Gasteiger partial charge in [-0.3, -0.25) is 4.79 Å². The Morgan fingerprint density at radius 2 is 1.94 bits per heavy atom. The standard InChI is InChI=1S/C14H21N3O/c1-9-6-5-7-10(2)17(9)14-15-8-13(12(4)18)11(3)16-14/h8-10H,5-7H2,1-4H3/t9-,10+. The number of aromatic nitrogens is 2. The summed E-state index contributed by atoms with van der Waals surface area (Å²) in [6.45, 7) is 7.86. The lowest BCUT2D eigenvalue weighted by Crippen LogP contribution is -2.44. The molecule has 1 saturated heterocycles. The number of carbonyl (C=O) groups is 1. The highest BCUT2D eigenvalue weighted by atomic mass is 16.1. The third-order valence-corrected chi connectivity index (χ3v) is 3.77. The van der Waals surface area contributed by atoms with Gasteiger partial charge in [0, 0.05) is 18.3 Å². The molecule has 1 fully saturated rings. The van der Waals surface area contributed by atoms with Gasteiger partial charge in [-0.25, -0.2) is 9.97 Å². The van der Waals surface area contributed by atoms with Gasteiger partial charge >= 0.3 is 0 Å². The van der Waals surface area contributed by atoms with Crippen LogP contribution in [0.25, 0.3) is 0 Å². The van der Waals surface area contributed by atoms with Gasteiger partial charge < -0.3 is 4.90 Å². The van der Waals surface area contributed by atoms with Crippen LogP contribution >= 0.6 is 0 Å². The molecule has 0 bridgehead atoms. The van der Waals surface area contributed by atoms with E-state index in [9.17, 15) is 4.79 Å². The molecular formula is C14H21N3O. The normalized spacial score (nSPS) is 24.1. The van der Waals surface area contributed by atoms with Gasteiger partial charge in [-0.1, -0.05) is 0 Å². The Morgan fingerprint density at radius 1 is 1.33 bits per heavy atom. The smallest absolute Gasteiger partial charge is 0.226 e. The van der Waals surface area contributed by atoms with Gasteiger partial charge in [0.25, 0.3) is 0 Å². The van der Waals surface area contributed by atoms with Crippen molar-refractivity contribution < 1.29 is 4.79 Å². The fourth-order valence-electron chi connectivity index (χ4n) is 2.74. The van der Waals surface area contributed by atoms with Crippen molar-refractivity contribution in [3.05, 3.63) is 17.5 Å². The van der Waals surface area contributed by atoms with E-state index in [1.807, 2.05) is 6.92 Å². The van der Waals surface area contributed by atoms with Crippen molar-refractivity contribution in [1.82, 2.24) is 9.97 Å². The van der Waals surface area contributed by atoms with Crippen molar-refractivity contribution in [3.8, 4) is 0 Å². The second kappa shape index (κ2) is 5.04. The molecule has 98 valence electrons. The first-order valence-corrected chi connectivity index (χ1v) is 6.63. The minimum atomic E-state index is 0.0267. The Balaban J connectivity index is 2.33. The van der Waals surface area contributed by atoms with E-state index in [0.29, 0.717) is 17.6 Å². The highest BCUT2D eigenvalue weighted by Gasteiger charge is 2.27. The van der Waals surface area contributed by atoms with Crippen molar-refractivity contribution >= 4 is 11.7 Å². The highest BCUT2D eigenvalue weighted by molar-refractivity contribution is 5.94. The molecular weight excluding hydrogens is 226 g/mol. The van der Waals surface area contributed by atoms with Crippen LogP contribution in [0.2, 0.25) is 0 Å². The monoisotopic (exact) mass is 247 g/mol. The van der Waals surface area contributed by atoms with Crippen LogP contribution < -0.4 is 4.90 Å². The Kier molecular flexibility index (Phi) is 3.64. The van der Waals surface area contributed by atoms with Crippen LogP contribution in [0.5, 0.6) is 0 Å². The van der Waals surface area contributed by atoms with E-state index in [4.69, 9.17) is 0 Å². The van der Waals surface area contributed by atoms with E-state index in [1.54, 1.807) is 13.1 Å². The molecule has 0 aliphatic carbocycles. The van der Waals surface area contributed by atoms with Crippen LogP contribution in [0.15, 0.2) is 6.20 Å². The lowest BCUT2D eigenvalue weighted by Gasteiger charge is -2.39. The molecule has 0 N–H and O–H groups in total. The van der Waals surface area contributed by atoms with E-state index in [1.165, 1.54) is 19.3 Å². The first kappa shape index (κ1) is 13.0. The third kappa shape index (κ3) is 2.37. The summed E-state index contributed by atoms with van der Waals surface area (Å²) in [5, 5.41) is 0. The molecule has 1 aromatic heterocycles. The molecule has 0 amide bonds. The minimum Gasteiger partial charge on any atom is -0.335 e. The number of anilines is 1.